The molecular weight excluding hydrogens is 242 g/mol. The van der Waals surface area contributed by atoms with E-state index in [1.54, 1.807) is 0 Å². The van der Waals surface area contributed by atoms with E-state index in [-0.39, 0.29) is 6.04 Å². The lowest BCUT2D eigenvalue weighted by molar-refractivity contribution is 0.174. The highest BCUT2D eigenvalue weighted by atomic mass is 16.7. The summed E-state index contributed by atoms with van der Waals surface area (Å²) in [6.07, 6.45) is 0. The molecule has 96 valence electrons. The maximum absolute atomic E-state index is 5.78. The summed E-state index contributed by atoms with van der Waals surface area (Å²) in [5, 5.41) is 3.48. The monoisotopic (exact) mass is 255 g/mol. The second-order valence-corrected chi connectivity index (χ2v) is 4.62. The lowest BCUT2D eigenvalue weighted by atomic mass is 10.1. The Balaban J connectivity index is 1.64. The van der Waals surface area contributed by atoms with E-state index in [2.05, 4.69) is 5.32 Å². The minimum Gasteiger partial charge on any atom is -0.489 e. The Morgan fingerprint density at radius 3 is 2.79 bits per heavy atom. The molecular formula is C15H13NO3. The molecule has 2 aliphatic heterocycles. The van der Waals surface area contributed by atoms with E-state index < -0.39 is 0 Å². The number of ether oxygens (including phenoxy) is 3. The fraction of sp³-hybridized carbons (Fsp3) is 0.200. The summed E-state index contributed by atoms with van der Waals surface area (Å²) >= 11 is 0. The smallest absolute Gasteiger partial charge is 0.231 e. The number of para-hydroxylation sites is 2. The molecule has 4 nitrogen and oxygen atoms in total. The molecule has 19 heavy (non-hydrogen) atoms. The van der Waals surface area contributed by atoms with Crippen LogP contribution in [0.2, 0.25) is 0 Å². The number of rotatable bonds is 1. The zero-order chi connectivity index (χ0) is 12.7. The van der Waals surface area contributed by atoms with Crippen LogP contribution in [0.5, 0.6) is 17.2 Å². The molecule has 0 aromatic heterocycles. The van der Waals surface area contributed by atoms with Gasteiger partial charge in [-0.15, -0.1) is 0 Å². The number of hydrogen-bond acceptors (Lipinski definition) is 4. The molecule has 0 aliphatic carbocycles. The maximum Gasteiger partial charge on any atom is 0.231 e. The van der Waals surface area contributed by atoms with Crippen molar-refractivity contribution in [3.05, 3.63) is 48.0 Å². The molecule has 0 fully saturated rings. The minimum absolute atomic E-state index is 0.129. The molecule has 0 saturated carbocycles. The van der Waals surface area contributed by atoms with Crippen LogP contribution >= 0.6 is 0 Å². The van der Waals surface area contributed by atoms with Gasteiger partial charge in [0.1, 0.15) is 12.4 Å². The predicted octanol–water partition coefficient (Wildman–Crippen LogP) is 2.96. The van der Waals surface area contributed by atoms with Gasteiger partial charge in [0.15, 0.2) is 11.5 Å². The third kappa shape index (κ3) is 1.76. The SMILES string of the molecule is c1ccc2c(c1)N[C@H](c1ccc3c(c1)OCO3)CO2. The fourth-order valence-corrected chi connectivity index (χ4v) is 2.42. The summed E-state index contributed by atoms with van der Waals surface area (Å²) in [7, 11) is 0. The van der Waals surface area contributed by atoms with Crippen molar-refractivity contribution in [1.82, 2.24) is 0 Å². The van der Waals surface area contributed by atoms with E-state index in [0.29, 0.717) is 13.4 Å². The van der Waals surface area contributed by atoms with Crippen molar-refractivity contribution in [2.24, 2.45) is 0 Å². The van der Waals surface area contributed by atoms with Gasteiger partial charge in [-0.2, -0.15) is 0 Å². The number of fused-ring (bicyclic) bond motifs is 2. The van der Waals surface area contributed by atoms with Gasteiger partial charge >= 0.3 is 0 Å². The van der Waals surface area contributed by atoms with Gasteiger partial charge < -0.3 is 19.5 Å². The topological polar surface area (TPSA) is 39.7 Å². The molecule has 2 aromatic rings. The van der Waals surface area contributed by atoms with E-state index >= 15 is 0 Å². The van der Waals surface area contributed by atoms with Gasteiger partial charge in [-0.3, -0.25) is 0 Å². The van der Waals surface area contributed by atoms with E-state index in [1.165, 1.54) is 0 Å². The van der Waals surface area contributed by atoms with Crippen LogP contribution in [0.1, 0.15) is 11.6 Å². The van der Waals surface area contributed by atoms with Crippen molar-refractivity contribution < 1.29 is 14.2 Å². The first-order valence-corrected chi connectivity index (χ1v) is 6.28. The zero-order valence-electron chi connectivity index (χ0n) is 10.3. The number of anilines is 1. The van der Waals surface area contributed by atoms with Crippen molar-refractivity contribution in [1.29, 1.82) is 0 Å². The number of hydrogen-bond donors (Lipinski definition) is 1. The molecule has 0 saturated heterocycles. The van der Waals surface area contributed by atoms with Gasteiger partial charge in [0, 0.05) is 0 Å². The van der Waals surface area contributed by atoms with Crippen LogP contribution < -0.4 is 19.5 Å². The zero-order valence-corrected chi connectivity index (χ0v) is 10.3. The Labute approximate surface area is 110 Å². The van der Waals surface area contributed by atoms with Crippen LogP contribution in [0.25, 0.3) is 0 Å². The van der Waals surface area contributed by atoms with Crippen LogP contribution in [-0.2, 0) is 0 Å². The Morgan fingerprint density at radius 1 is 0.895 bits per heavy atom. The van der Waals surface area contributed by atoms with E-state index in [1.807, 2.05) is 42.5 Å². The lowest BCUT2D eigenvalue weighted by Crippen LogP contribution is -2.23. The maximum atomic E-state index is 5.78. The summed E-state index contributed by atoms with van der Waals surface area (Å²) in [5.41, 5.74) is 2.16. The van der Waals surface area contributed by atoms with Crippen LogP contribution in [0.4, 0.5) is 5.69 Å². The molecule has 1 atom stereocenters. The first-order chi connectivity index (χ1) is 9.40. The Bertz CT molecular complexity index is 627. The Morgan fingerprint density at radius 2 is 1.79 bits per heavy atom. The van der Waals surface area contributed by atoms with E-state index in [9.17, 15) is 0 Å². The summed E-state index contributed by atoms with van der Waals surface area (Å²) in [6, 6.07) is 14.1. The van der Waals surface area contributed by atoms with Gasteiger partial charge in [-0.05, 0) is 29.8 Å². The molecule has 0 bridgehead atoms. The first-order valence-electron chi connectivity index (χ1n) is 6.28. The van der Waals surface area contributed by atoms with Crippen molar-refractivity contribution >= 4 is 5.69 Å². The van der Waals surface area contributed by atoms with Crippen LogP contribution in [-0.4, -0.2) is 13.4 Å². The van der Waals surface area contributed by atoms with Gasteiger partial charge in [0.05, 0.1) is 11.7 Å². The summed E-state index contributed by atoms with van der Waals surface area (Å²) in [6.45, 7) is 0.910. The third-order valence-electron chi connectivity index (χ3n) is 3.42. The molecule has 2 heterocycles. The van der Waals surface area contributed by atoms with E-state index in [0.717, 1.165) is 28.5 Å². The number of nitrogens with one attached hydrogen (secondary N) is 1. The second kappa shape index (κ2) is 4.09. The summed E-state index contributed by atoms with van der Waals surface area (Å²) < 4.78 is 16.5. The van der Waals surface area contributed by atoms with Crippen molar-refractivity contribution in [2.45, 2.75) is 6.04 Å². The van der Waals surface area contributed by atoms with Crippen LogP contribution in [0, 0.1) is 0 Å². The average Bonchev–Trinajstić information content (AvgIpc) is 2.94. The lowest BCUT2D eigenvalue weighted by Gasteiger charge is -2.27. The standard InChI is InChI=1S/C15H13NO3/c1-2-4-13-11(3-1)16-12(8-17-13)10-5-6-14-15(7-10)19-9-18-14/h1-7,12,16H,8-9H2/t12-/m0/s1. The molecule has 0 unspecified atom stereocenters. The van der Waals surface area contributed by atoms with Gasteiger partial charge in [-0.1, -0.05) is 18.2 Å². The third-order valence-corrected chi connectivity index (χ3v) is 3.42. The van der Waals surface area contributed by atoms with E-state index in [4.69, 9.17) is 14.2 Å². The number of benzene rings is 2. The molecule has 1 N–H and O–H groups in total. The molecule has 0 radical (unpaired) electrons. The largest absolute Gasteiger partial charge is 0.489 e. The highest BCUT2D eigenvalue weighted by Gasteiger charge is 2.22. The quantitative estimate of drug-likeness (QED) is 0.850. The summed E-state index contributed by atoms with van der Waals surface area (Å²) in [4.78, 5) is 0. The highest BCUT2D eigenvalue weighted by molar-refractivity contribution is 5.59. The molecule has 2 aromatic carbocycles. The molecule has 0 amide bonds. The molecule has 0 spiro atoms. The Kier molecular flexibility index (Phi) is 2.27. The predicted molar refractivity (Wildman–Crippen MR) is 70.9 cm³/mol. The molecule has 4 rings (SSSR count). The van der Waals surface area contributed by atoms with Crippen molar-refractivity contribution in [2.75, 3.05) is 18.7 Å². The van der Waals surface area contributed by atoms with Crippen molar-refractivity contribution in [3.63, 3.8) is 0 Å². The summed E-state index contributed by atoms with van der Waals surface area (Å²) in [5.74, 6) is 2.51. The Hall–Kier alpha value is -2.36. The molecule has 4 heteroatoms. The average molecular weight is 255 g/mol. The van der Waals surface area contributed by atoms with Crippen LogP contribution in [0.3, 0.4) is 0 Å². The molecule has 2 aliphatic rings. The van der Waals surface area contributed by atoms with Gasteiger partial charge in [0.25, 0.3) is 0 Å². The second-order valence-electron chi connectivity index (χ2n) is 4.62. The first kappa shape index (κ1) is 10.6. The highest BCUT2D eigenvalue weighted by Crippen LogP contribution is 2.37. The fourth-order valence-electron chi connectivity index (χ4n) is 2.42. The normalized spacial score (nSPS) is 19.3. The minimum atomic E-state index is 0.129. The van der Waals surface area contributed by atoms with Crippen molar-refractivity contribution in [3.8, 4) is 17.2 Å². The van der Waals surface area contributed by atoms with Gasteiger partial charge in [0.2, 0.25) is 6.79 Å². The van der Waals surface area contributed by atoms with Crippen LogP contribution in [0.15, 0.2) is 42.5 Å². The van der Waals surface area contributed by atoms with Gasteiger partial charge in [-0.25, -0.2) is 0 Å².